The average molecular weight is 182 g/mol. The van der Waals surface area contributed by atoms with Crippen LogP contribution < -0.4 is 0 Å². The second-order valence-electron chi connectivity index (χ2n) is 2.85. The van der Waals surface area contributed by atoms with Crippen LogP contribution in [0.1, 0.15) is 41.9 Å². The molecule has 0 radical (unpaired) electrons. The van der Waals surface area contributed by atoms with Gasteiger partial charge in [0, 0.05) is 6.42 Å². The summed E-state index contributed by atoms with van der Waals surface area (Å²) in [5.41, 5.74) is 1.28. The molecule has 0 aromatic carbocycles. The largest absolute Gasteiger partial charge is 0.293 e. The van der Waals surface area contributed by atoms with Crippen molar-refractivity contribution < 1.29 is 4.79 Å². The van der Waals surface area contributed by atoms with Crippen LogP contribution in [0.3, 0.4) is 0 Å². The van der Waals surface area contributed by atoms with Crippen molar-refractivity contribution in [3.63, 3.8) is 0 Å². The summed E-state index contributed by atoms with van der Waals surface area (Å²) in [5.74, 6) is 0.294. The molecule has 0 bridgehead atoms. The Morgan fingerprint density at radius 3 is 2.75 bits per heavy atom. The molecule has 1 nitrogen and oxygen atoms in total. The van der Waals surface area contributed by atoms with Crippen molar-refractivity contribution in [2.24, 2.45) is 0 Å². The summed E-state index contributed by atoms with van der Waals surface area (Å²) in [6.45, 7) is 4.14. The average Bonchev–Trinajstić information content (AvgIpc) is 2.52. The third kappa shape index (κ3) is 2.18. The van der Waals surface area contributed by atoms with Crippen molar-refractivity contribution in [2.75, 3.05) is 0 Å². The number of aryl methyl sites for hydroxylation is 1. The first-order chi connectivity index (χ1) is 5.77. The van der Waals surface area contributed by atoms with Gasteiger partial charge in [-0.1, -0.05) is 13.8 Å². The maximum atomic E-state index is 11.4. The molecular weight excluding hydrogens is 168 g/mol. The summed E-state index contributed by atoms with van der Waals surface area (Å²) >= 11 is 1.57. The molecule has 0 aliphatic carbocycles. The van der Waals surface area contributed by atoms with Gasteiger partial charge in [0.05, 0.1) is 4.88 Å². The Bertz CT molecular complexity index is 263. The van der Waals surface area contributed by atoms with Gasteiger partial charge in [-0.3, -0.25) is 4.79 Å². The molecule has 0 unspecified atom stereocenters. The summed E-state index contributed by atoms with van der Waals surface area (Å²) < 4.78 is 0. The van der Waals surface area contributed by atoms with E-state index in [2.05, 4.69) is 12.3 Å². The van der Waals surface area contributed by atoms with Crippen molar-refractivity contribution in [2.45, 2.75) is 33.1 Å². The number of carbonyl (C=O) groups is 1. The highest BCUT2D eigenvalue weighted by molar-refractivity contribution is 7.12. The molecule has 0 amide bonds. The molecule has 66 valence electrons. The van der Waals surface area contributed by atoms with E-state index in [4.69, 9.17) is 0 Å². The van der Waals surface area contributed by atoms with Gasteiger partial charge in [0.15, 0.2) is 5.78 Å². The van der Waals surface area contributed by atoms with Crippen LogP contribution in [0.2, 0.25) is 0 Å². The molecule has 0 atom stereocenters. The fourth-order valence-corrected chi connectivity index (χ4v) is 2.02. The molecule has 0 saturated heterocycles. The number of thiophene rings is 1. The first-order valence-electron chi connectivity index (χ1n) is 4.38. The first kappa shape index (κ1) is 9.46. The molecule has 0 spiro atoms. The van der Waals surface area contributed by atoms with Crippen molar-refractivity contribution in [3.8, 4) is 0 Å². The molecule has 1 aromatic rings. The minimum atomic E-state index is 0.294. The lowest BCUT2D eigenvalue weighted by Gasteiger charge is -1.91. The minimum Gasteiger partial charge on any atom is -0.293 e. The lowest BCUT2D eigenvalue weighted by atomic mass is 10.2. The highest BCUT2D eigenvalue weighted by Crippen LogP contribution is 2.17. The van der Waals surface area contributed by atoms with Crippen molar-refractivity contribution in [1.29, 1.82) is 0 Å². The van der Waals surface area contributed by atoms with Gasteiger partial charge < -0.3 is 0 Å². The maximum absolute atomic E-state index is 11.4. The van der Waals surface area contributed by atoms with E-state index in [1.165, 1.54) is 5.56 Å². The third-order valence-corrected chi connectivity index (χ3v) is 2.83. The normalized spacial score (nSPS) is 10.2. The Labute approximate surface area is 77.4 Å². The smallest absolute Gasteiger partial charge is 0.172 e. The predicted octanol–water partition coefficient (Wildman–Crippen LogP) is 3.29. The van der Waals surface area contributed by atoms with E-state index in [0.29, 0.717) is 12.2 Å². The molecule has 1 rings (SSSR count). The van der Waals surface area contributed by atoms with Crippen LogP contribution in [0, 0.1) is 0 Å². The van der Waals surface area contributed by atoms with Crippen molar-refractivity contribution in [3.05, 3.63) is 21.9 Å². The van der Waals surface area contributed by atoms with E-state index >= 15 is 0 Å². The molecule has 1 aromatic heterocycles. The standard InChI is InChI=1S/C10H14OS/c1-3-5-9(11)10-6-8(4-2)7-12-10/h6-7H,3-5H2,1-2H3. The van der Waals surface area contributed by atoms with Crippen LogP contribution >= 0.6 is 11.3 Å². The van der Waals surface area contributed by atoms with E-state index in [9.17, 15) is 4.79 Å². The zero-order valence-electron chi connectivity index (χ0n) is 7.59. The van der Waals surface area contributed by atoms with E-state index in [0.717, 1.165) is 17.7 Å². The molecule has 0 N–H and O–H groups in total. The molecule has 0 aliphatic rings. The summed E-state index contributed by atoms with van der Waals surface area (Å²) in [7, 11) is 0. The van der Waals surface area contributed by atoms with E-state index < -0.39 is 0 Å². The molecule has 0 aliphatic heterocycles. The van der Waals surface area contributed by atoms with Gasteiger partial charge in [0.25, 0.3) is 0 Å². The molecule has 2 heteroatoms. The zero-order chi connectivity index (χ0) is 8.97. The van der Waals surface area contributed by atoms with E-state index in [1.807, 2.05) is 13.0 Å². The number of ketones is 1. The SMILES string of the molecule is CCCC(=O)c1cc(CC)cs1. The Kier molecular flexibility index (Phi) is 3.48. The highest BCUT2D eigenvalue weighted by Gasteiger charge is 2.06. The van der Waals surface area contributed by atoms with Gasteiger partial charge in [-0.25, -0.2) is 0 Å². The minimum absolute atomic E-state index is 0.294. The summed E-state index contributed by atoms with van der Waals surface area (Å²) in [6.07, 6.45) is 2.65. The van der Waals surface area contributed by atoms with Gasteiger partial charge in [-0.2, -0.15) is 0 Å². The monoisotopic (exact) mass is 182 g/mol. The topological polar surface area (TPSA) is 17.1 Å². The maximum Gasteiger partial charge on any atom is 0.172 e. The van der Waals surface area contributed by atoms with Crippen LogP contribution in [-0.4, -0.2) is 5.78 Å². The van der Waals surface area contributed by atoms with E-state index in [1.54, 1.807) is 11.3 Å². The number of rotatable bonds is 4. The number of carbonyl (C=O) groups excluding carboxylic acids is 1. The third-order valence-electron chi connectivity index (χ3n) is 1.81. The second kappa shape index (κ2) is 4.41. The number of hydrogen-bond acceptors (Lipinski definition) is 2. The van der Waals surface area contributed by atoms with Crippen LogP contribution in [0.4, 0.5) is 0 Å². The lowest BCUT2D eigenvalue weighted by Crippen LogP contribution is -1.93. The summed E-state index contributed by atoms with van der Waals surface area (Å²) in [6, 6.07) is 2.02. The Balaban J connectivity index is 2.68. The van der Waals surface area contributed by atoms with Gasteiger partial charge in [-0.05, 0) is 29.9 Å². The predicted molar refractivity (Wildman–Crippen MR) is 52.9 cm³/mol. The van der Waals surface area contributed by atoms with E-state index in [-0.39, 0.29) is 0 Å². The fourth-order valence-electron chi connectivity index (χ4n) is 1.06. The highest BCUT2D eigenvalue weighted by atomic mass is 32.1. The van der Waals surface area contributed by atoms with Crippen LogP contribution in [0.15, 0.2) is 11.4 Å². The molecule has 12 heavy (non-hydrogen) atoms. The van der Waals surface area contributed by atoms with Gasteiger partial charge in [-0.15, -0.1) is 11.3 Å². The Morgan fingerprint density at radius 2 is 2.25 bits per heavy atom. The first-order valence-corrected chi connectivity index (χ1v) is 5.26. The van der Waals surface area contributed by atoms with Crippen LogP contribution in [0.25, 0.3) is 0 Å². The van der Waals surface area contributed by atoms with Gasteiger partial charge in [0.1, 0.15) is 0 Å². The summed E-state index contributed by atoms with van der Waals surface area (Å²) in [5, 5.41) is 2.07. The molecular formula is C10H14OS. The molecule has 0 saturated carbocycles. The number of Topliss-reactive ketones (excluding diaryl/α,β-unsaturated/α-hetero) is 1. The molecule has 0 fully saturated rings. The summed E-state index contributed by atoms with van der Waals surface area (Å²) in [4.78, 5) is 12.3. The Morgan fingerprint density at radius 1 is 1.50 bits per heavy atom. The van der Waals surface area contributed by atoms with Crippen LogP contribution in [0.5, 0.6) is 0 Å². The second-order valence-corrected chi connectivity index (χ2v) is 3.76. The quantitative estimate of drug-likeness (QED) is 0.653. The zero-order valence-corrected chi connectivity index (χ0v) is 8.41. The molecule has 1 heterocycles. The van der Waals surface area contributed by atoms with Crippen molar-refractivity contribution >= 4 is 17.1 Å². The lowest BCUT2D eigenvalue weighted by molar-refractivity contribution is 0.0985. The number of hydrogen-bond donors (Lipinski definition) is 0. The van der Waals surface area contributed by atoms with Gasteiger partial charge >= 0.3 is 0 Å². The fraction of sp³-hybridized carbons (Fsp3) is 0.500. The van der Waals surface area contributed by atoms with Gasteiger partial charge in [0.2, 0.25) is 0 Å². The van der Waals surface area contributed by atoms with Crippen LogP contribution in [-0.2, 0) is 6.42 Å². The van der Waals surface area contributed by atoms with Crippen molar-refractivity contribution in [1.82, 2.24) is 0 Å². The Hall–Kier alpha value is -0.630.